The quantitative estimate of drug-likeness (QED) is 0.667. The second-order valence-corrected chi connectivity index (χ2v) is 10.6. The fourth-order valence-electron chi connectivity index (χ4n) is 4.49. The molecule has 0 N–H and O–H groups in total. The number of piperidine rings is 1. The van der Waals surface area contributed by atoms with Gasteiger partial charge in [0.1, 0.15) is 5.82 Å². The van der Waals surface area contributed by atoms with Crippen LogP contribution in [0, 0.1) is 11.7 Å². The predicted octanol–water partition coefficient (Wildman–Crippen LogP) is 2.71. The molecule has 0 radical (unpaired) electrons. The summed E-state index contributed by atoms with van der Waals surface area (Å²) in [6.07, 6.45) is 1.09. The average molecular weight is 460 g/mol. The summed E-state index contributed by atoms with van der Waals surface area (Å²) < 4.78 is 40.0. The lowest BCUT2D eigenvalue weighted by Crippen LogP contribution is -2.51. The molecule has 2 fully saturated rings. The topological polar surface area (TPSA) is 60.9 Å². The third-order valence-electron chi connectivity index (χ3n) is 6.39. The predicted molar refractivity (Wildman–Crippen MR) is 122 cm³/mol. The van der Waals surface area contributed by atoms with Crippen LogP contribution in [0.3, 0.4) is 0 Å². The number of rotatable bonds is 6. The first kappa shape index (κ1) is 22.9. The van der Waals surface area contributed by atoms with E-state index in [0.717, 1.165) is 32.7 Å². The maximum absolute atomic E-state index is 13.1. The largest absolute Gasteiger partial charge is 0.340 e. The van der Waals surface area contributed by atoms with Crippen molar-refractivity contribution in [1.29, 1.82) is 0 Å². The van der Waals surface area contributed by atoms with Crippen molar-refractivity contribution in [3.63, 3.8) is 0 Å². The van der Waals surface area contributed by atoms with Crippen molar-refractivity contribution in [2.24, 2.45) is 5.92 Å². The number of benzene rings is 2. The minimum atomic E-state index is -3.48. The SMILES string of the molecule is O=C(C1CCN(S(=O)(=O)Cc2ccc(F)cc2)CC1)N1CCN(Cc2ccccc2)CC1. The van der Waals surface area contributed by atoms with Crippen LogP contribution in [0.4, 0.5) is 4.39 Å². The molecule has 2 aliphatic rings. The van der Waals surface area contributed by atoms with Crippen LogP contribution in [-0.2, 0) is 27.1 Å². The Morgan fingerprint density at radius 2 is 1.47 bits per heavy atom. The van der Waals surface area contributed by atoms with Crippen LogP contribution >= 0.6 is 0 Å². The van der Waals surface area contributed by atoms with Gasteiger partial charge in [0.2, 0.25) is 15.9 Å². The number of hydrogen-bond acceptors (Lipinski definition) is 4. The van der Waals surface area contributed by atoms with E-state index in [2.05, 4.69) is 17.0 Å². The summed E-state index contributed by atoms with van der Waals surface area (Å²) in [7, 11) is -3.48. The molecule has 0 aromatic heterocycles. The lowest BCUT2D eigenvalue weighted by Gasteiger charge is -2.38. The third kappa shape index (κ3) is 5.74. The molecule has 2 heterocycles. The van der Waals surface area contributed by atoms with Gasteiger partial charge >= 0.3 is 0 Å². The second kappa shape index (κ2) is 10.1. The van der Waals surface area contributed by atoms with E-state index in [1.54, 1.807) is 0 Å². The molecule has 2 aromatic rings. The highest BCUT2D eigenvalue weighted by atomic mass is 32.2. The molecule has 0 spiro atoms. The first-order chi connectivity index (χ1) is 15.4. The van der Waals surface area contributed by atoms with E-state index in [9.17, 15) is 17.6 Å². The number of hydrogen-bond donors (Lipinski definition) is 0. The fourth-order valence-corrected chi connectivity index (χ4v) is 6.05. The summed E-state index contributed by atoms with van der Waals surface area (Å²) in [6.45, 7) is 4.75. The smallest absolute Gasteiger partial charge is 0.225 e. The van der Waals surface area contributed by atoms with Gasteiger partial charge in [-0.3, -0.25) is 9.69 Å². The molecule has 4 rings (SSSR count). The van der Waals surface area contributed by atoms with Gasteiger partial charge in [-0.05, 0) is 36.1 Å². The van der Waals surface area contributed by atoms with Gasteiger partial charge in [-0.25, -0.2) is 17.1 Å². The highest BCUT2D eigenvalue weighted by Gasteiger charge is 2.34. The summed E-state index contributed by atoms with van der Waals surface area (Å²) in [4.78, 5) is 17.3. The van der Waals surface area contributed by atoms with E-state index in [4.69, 9.17) is 0 Å². The van der Waals surface area contributed by atoms with Crippen LogP contribution in [0.1, 0.15) is 24.0 Å². The monoisotopic (exact) mass is 459 g/mol. The molecule has 0 atom stereocenters. The molecule has 8 heteroatoms. The summed E-state index contributed by atoms with van der Waals surface area (Å²) in [6, 6.07) is 15.9. The standard InChI is InChI=1S/C24H30FN3O3S/c25-23-8-6-21(7-9-23)19-32(30,31)28-12-10-22(11-13-28)24(29)27-16-14-26(15-17-27)18-20-4-2-1-3-5-20/h1-9,22H,10-19H2. The van der Waals surface area contributed by atoms with Crippen molar-refractivity contribution in [2.45, 2.75) is 25.1 Å². The Balaban J connectivity index is 1.24. The Morgan fingerprint density at radius 1 is 0.844 bits per heavy atom. The van der Waals surface area contributed by atoms with Crippen LogP contribution in [0.5, 0.6) is 0 Å². The Bertz CT molecular complexity index is 999. The zero-order valence-electron chi connectivity index (χ0n) is 18.2. The van der Waals surface area contributed by atoms with Gasteiger partial charge in [-0.2, -0.15) is 0 Å². The Labute approximate surface area is 189 Å². The molecular weight excluding hydrogens is 429 g/mol. The first-order valence-corrected chi connectivity index (χ1v) is 12.8. The van der Waals surface area contributed by atoms with Crippen molar-refractivity contribution in [3.8, 4) is 0 Å². The van der Waals surface area contributed by atoms with Crippen LogP contribution in [0.25, 0.3) is 0 Å². The van der Waals surface area contributed by atoms with Crippen molar-refractivity contribution >= 4 is 15.9 Å². The van der Waals surface area contributed by atoms with E-state index in [0.29, 0.717) is 31.5 Å². The van der Waals surface area contributed by atoms with Gasteiger partial charge in [0, 0.05) is 51.7 Å². The van der Waals surface area contributed by atoms with E-state index >= 15 is 0 Å². The Kier molecular flexibility index (Phi) is 7.23. The van der Waals surface area contributed by atoms with Crippen LogP contribution < -0.4 is 0 Å². The van der Waals surface area contributed by atoms with Crippen molar-refractivity contribution in [1.82, 2.24) is 14.1 Å². The number of piperazine rings is 1. The summed E-state index contributed by atoms with van der Waals surface area (Å²) in [5.74, 6) is -0.491. The number of sulfonamides is 1. The highest BCUT2D eigenvalue weighted by molar-refractivity contribution is 7.88. The zero-order chi connectivity index (χ0) is 22.6. The molecule has 32 heavy (non-hydrogen) atoms. The Hall–Kier alpha value is -2.29. The normalized spacial score (nSPS) is 19.2. The van der Waals surface area contributed by atoms with Crippen molar-refractivity contribution < 1.29 is 17.6 Å². The average Bonchev–Trinajstić information content (AvgIpc) is 2.81. The van der Waals surface area contributed by atoms with E-state index in [-0.39, 0.29) is 23.4 Å². The molecule has 0 unspecified atom stereocenters. The van der Waals surface area contributed by atoms with E-state index in [1.165, 1.54) is 34.1 Å². The highest BCUT2D eigenvalue weighted by Crippen LogP contribution is 2.24. The van der Waals surface area contributed by atoms with Crippen molar-refractivity contribution in [3.05, 3.63) is 71.5 Å². The van der Waals surface area contributed by atoms with Gasteiger partial charge in [-0.1, -0.05) is 42.5 Å². The third-order valence-corrected chi connectivity index (χ3v) is 8.24. The maximum Gasteiger partial charge on any atom is 0.225 e. The maximum atomic E-state index is 13.1. The number of carbonyl (C=O) groups is 1. The van der Waals surface area contributed by atoms with E-state index in [1.807, 2.05) is 23.1 Å². The lowest BCUT2D eigenvalue weighted by molar-refractivity contribution is -0.138. The second-order valence-electron chi connectivity index (χ2n) is 8.64. The molecule has 6 nitrogen and oxygen atoms in total. The first-order valence-electron chi connectivity index (χ1n) is 11.2. The minimum absolute atomic E-state index is 0.118. The van der Waals surface area contributed by atoms with E-state index < -0.39 is 10.0 Å². The number of carbonyl (C=O) groups excluding carboxylic acids is 1. The minimum Gasteiger partial charge on any atom is -0.340 e. The fraction of sp³-hybridized carbons (Fsp3) is 0.458. The van der Waals surface area contributed by atoms with Gasteiger partial charge in [-0.15, -0.1) is 0 Å². The molecular formula is C24H30FN3O3S. The molecule has 2 aliphatic heterocycles. The zero-order valence-corrected chi connectivity index (χ0v) is 19.0. The molecule has 0 saturated carbocycles. The molecule has 2 aromatic carbocycles. The van der Waals surface area contributed by atoms with Crippen molar-refractivity contribution in [2.75, 3.05) is 39.3 Å². The number of halogens is 1. The van der Waals surface area contributed by atoms with Crippen LogP contribution in [-0.4, -0.2) is 67.7 Å². The number of amides is 1. The molecule has 0 aliphatic carbocycles. The molecule has 172 valence electrons. The summed E-state index contributed by atoms with van der Waals surface area (Å²) in [5, 5.41) is 0. The van der Waals surface area contributed by atoms with Gasteiger partial charge in [0.25, 0.3) is 0 Å². The summed E-state index contributed by atoms with van der Waals surface area (Å²) in [5.41, 5.74) is 1.85. The van der Waals surface area contributed by atoms with Gasteiger partial charge < -0.3 is 4.90 Å². The van der Waals surface area contributed by atoms with Gasteiger partial charge in [0.15, 0.2) is 0 Å². The number of nitrogens with zero attached hydrogens (tertiary/aromatic N) is 3. The molecule has 2 saturated heterocycles. The Morgan fingerprint density at radius 3 is 2.09 bits per heavy atom. The van der Waals surface area contributed by atoms with Crippen LogP contribution in [0.2, 0.25) is 0 Å². The summed E-state index contributed by atoms with van der Waals surface area (Å²) >= 11 is 0. The molecule has 0 bridgehead atoms. The van der Waals surface area contributed by atoms with Crippen LogP contribution in [0.15, 0.2) is 54.6 Å². The van der Waals surface area contributed by atoms with Gasteiger partial charge in [0.05, 0.1) is 5.75 Å². The molecule has 1 amide bonds. The lowest BCUT2D eigenvalue weighted by atomic mass is 9.96.